The minimum absolute atomic E-state index is 0. The minimum atomic E-state index is -0.899. The van der Waals surface area contributed by atoms with E-state index in [0.717, 1.165) is 89.0 Å². The van der Waals surface area contributed by atoms with E-state index in [0.29, 0.717) is 63.0 Å². The number of likely N-dealkylation sites (N-methyl/N-ethyl adjacent to an activating group) is 2. The minimum Gasteiger partial charge on any atom is -0.458 e. The van der Waals surface area contributed by atoms with Crippen LogP contribution in [-0.2, 0) is 95.0 Å². The fraction of sp³-hybridized carbons (Fsp3) is 0.828. The summed E-state index contributed by atoms with van der Waals surface area (Å²) in [7, 11) is 14.8. The highest BCUT2D eigenvalue weighted by atomic mass is 16.7. The quantitative estimate of drug-likeness (QED) is 0.0463. The van der Waals surface area contributed by atoms with E-state index in [1.807, 2.05) is 46.8 Å². The molecule has 2 saturated carbocycles. The molecule has 0 spiro atoms. The molecule has 117 heavy (non-hydrogen) atoms. The number of rotatable bonds is 26. The van der Waals surface area contributed by atoms with Crippen LogP contribution in [0.15, 0.2) is 71.9 Å². The summed E-state index contributed by atoms with van der Waals surface area (Å²) < 4.78 is 100. The average molecular weight is 1650 g/mol. The molecule has 14 unspecified atom stereocenters. The maximum absolute atomic E-state index is 14.9. The van der Waals surface area contributed by atoms with Gasteiger partial charge in [-0.1, -0.05) is 96.6 Å². The summed E-state index contributed by atoms with van der Waals surface area (Å²) in [5.74, 6) is -0.949. The molecule has 6 saturated heterocycles. The van der Waals surface area contributed by atoms with Gasteiger partial charge in [0.1, 0.15) is 48.8 Å². The number of allylic oxidation sites excluding steroid dienone is 8. The second-order valence-electron chi connectivity index (χ2n) is 36.2. The Morgan fingerprint density at radius 3 is 1.38 bits per heavy atom. The summed E-state index contributed by atoms with van der Waals surface area (Å²) in [5.41, 5.74) is 1.43. The number of fused-ring (bicyclic) bond motifs is 10. The molecule has 0 aromatic heterocycles. The molecule has 12 rings (SSSR count). The third-order valence-corrected chi connectivity index (χ3v) is 27.9. The molecule has 0 radical (unpaired) electrons. The number of carbonyl (C=O) groups is 4. The fourth-order valence-electron chi connectivity index (χ4n) is 21.5. The summed E-state index contributed by atoms with van der Waals surface area (Å²) in [6, 6.07) is 0.618. The van der Waals surface area contributed by atoms with E-state index >= 15 is 0 Å². The van der Waals surface area contributed by atoms with Crippen molar-refractivity contribution < 1.29 is 105 Å². The van der Waals surface area contributed by atoms with Crippen LogP contribution in [0.2, 0.25) is 0 Å². The predicted molar refractivity (Wildman–Crippen MR) is 444 cm³/mol. The van der Waals surface area contributed by atoms with Gasteiger partial charge in [0, 0.05) is 77.4 Å². The number of Topliss-reactive ketones (excluding diaryl/α,β-unsaturated/α-hetero) is 2. The smallest absolute Gasteiger partial charge is 0.307 e. The lowest BCUT2D eigenvalue weighted by molar-refractivity contribution is -0.317. The lowest BCUT2D eigenvalue weighted by atomic mass is 9.70. The van der Waals surface area contributed by atoms with E-state index in [-0.39, 0.29) is 176 Å². The first kappa shape index (κ1) is 95.2. The number of aliphatic hydroxyl groups is 2. The van der Waals surface area contributed by atoms with Gasteiger partial charge in [0.15, 0.2) is 36.7 Å². The van der Waals surface area contributed by atoms with Gasteiger partial charge >= 0.3 is 11.9 Å². The van der Waals surface area contributed by atoms with Crippen LogP contribution >= 0.6 is 0 Å². The largest absolute Gasteiger partial charge is 0.458 e. The molecule has 24 nitrogen and oxygen atoms in total. The highest BCUT2D eigenvalue weighted by Gasteiger charge is 2.56. The molecule has 6 heterocycles. The molecule has 6 aliphatic carbocycles. The van der Waals surface area contributed by atoms with Gasteiger partial charge in [0.2, 0.25) is 0 Å². The molecule has 12 aliphatic rings. The van der Waals surface area contributed by atoms with Gasteiger partial charge in [-0.15, -0.1) is 0 Å². The number of hydrogen-bond donors (Lipinski definition) is 2. The highest BCUT2D eigenvalue weighted by Crippen LogP contribution is 2.57. The Kier molecular flexibility index (Phi) is 36.3. The number of ketones is 2. The fourth-order valence-corrected chi connectivity index (χ4v) is 21.5. The highest BCUT2D eigenvalue weighted by molar-refractivity contribution is 6.00. The zero-order valence-electron chi connectivity index (χ0n) is 73.1. The number of ether oxygens (including phenoxy) is 16. The molecular formula is C93H150N2O22. The Morgan fingerprint density at radius 2 is 0.949 bits per heavy atom. The lowest BCUT2D eigenvalue weighted by Gasteiger charge is -2.44. The Balaban J connectivity index is 0.000000247. The van der Waals surface area contributed by atoms with E-state index in [4.69, 9.17) is 75.8 Å². The second kappa shape index (κ2) is 44.5. The van der Waals surface area contributed by atoms with Gasteiger partial charge in [-0.3, -0.25) is 19.2 Å². The maximum Gasteiger partial charge on any atom is 0.307 e. The number of nitrogens with zero attached hydrogens (tertiary/aromatic N) is 2. The summed E-state index contributed by atoms with van der Waals surface area (Å²) >= 11 is 0. The van der Waals surface area contributed by atoms with E-state index in [2.05, 4.69) is 102 Å². The Morgan fingerprint density at radius 1 is 0.504 bits per heavy atom. The summed E-state index contributed by atoms with van der Waals surface area (Å²) in [4.78, 5) is 61.7. The average Bonchev–Trinajstić information content (AvgIpc) is 1.61. The van der Waals surface area contributed by atoms with Crippen molar-refractivity contribution in [3.05, 3.63) is 71.9 Å². The molecular weight excluding hydrogens is 1500 g/mol. The van der Waals surface area contributed by atoms with Crippen LogP contribution in [0.5, 0.6) is 0 Å². The van der Waals surface area contributed by atoms with Crippen LogP contribution in [0, 0.1) is 71.0 Å². The normalized spacial score (nSPS) is 42.6. The van der Waals surface area contributed by atoms with Gasteiger partial charge in [-0.2, -0.15) is 0 Å². The van der Waals surface area contributed by atoms with Gasteiger partial charge in [-0.25, -0.2) is 0 Å². The first-order valence-electron chi connectivity index (χ1n) is 44.6. The van der Waals surface area contributed by atoms with Crippen molar-refractivity contribution in [1.29, 1.82) is 0 Å². The van der Waals surface area contributed by atoms with Crippen molar-refractivity contribution in [2.45, 2.75) is 352 Å². The van der Waals surface area contributed by atoms with Crippen molar-refractivity contribution >= 4 is 23.5 Å². The number of methoxy groups -OCH3 is 4. The van der Waals surface area contributed by atoms with Gasteiger partial charge in [-0.05, 0) is 243 Å². The molecule has 2 N–H and O–H groups in total. The number of esters is 2. The first-order valence-corrected chi connectivity index (χ1v) is 44.6. The maximum atomic E-state index is 14.9. The Hall–Kier alpha value is -4.00. The van der Waals surface area contributed by atoms with E-state index in [1.54, 1.807) is 40.4 Å². The molecule has 24 heteroatoms. The van der Waals surface area contributed by atoms with Crippen LogP contribution in [0.3, 0.4) is 0 Å². The van der Waals surface area contributed by atoms with Gasteiger partial charge < -0.3 is 95.8 Å². The SMILES string of the molecule is C.CCCCOC(C)/C=C/C1CCC[C@H](O[C@H]2CC[C@H](N(C)C)[C@@H](C)O2)[C@@H](C)C(=O)C2=CC3C(C=CC4C[C@@H](O[C@@H]5O[C@@H](C)[C@H](OC)[C@@H](OCCCC)[C@H]5OC)CC43)C2CC(=O)O1.CO[C@@H]1[C@@H](O)[C@@H](OC)[C@H](O[C@@H]2CC3C=CC4C5CC(=O)OC(/C=C/C(C)O)CCC[C@H](O[C@H]6CC[C@H](N(C)C)[C@@H](C)O6)[C@@H](C)C(=O)C5=CC4C3C2)O[C@H]1C. The van der Waals surface area contributed by atoms with Gasteiger partial charge in [0.05, 0.1) is 73.9 Å². The van der Waals surface area contributed by atoms with E-state index in [9.17, 15) is 29.4 Å². The van der Waals surface area contributed by atoms with Crippen molar-refractivity contribution in [3.63, 3.8) is 0 Å². The van der Waals surface area contributed by atoms with Crippen LogP contribution in [0.1, 0.15) is 205 Å². The zero-order valence-corrected chi connectivity index (χ0v) is 73.1. The summed E-state index contributed by atoms with van der Waals surface area (Å²) in [6.45, 7) is 21.3. The molecule has 36 atom stereocenters. The van der Waals surface area contributed by atoms with Crippen LogP contribution in [0.4, 0.5) is 0 Å². The Labute approximate surface area is 700 Å². The van der Waals surface area contributed by atoms with Crippen molar-refractivity contribution in [1.82, 2.24) is 9.80 Å². The summed E-state index contributed by atoms with van der Waals surface area (Å²) in [5, 5.41) is 20.9. The topological polar surface area (TPSA) is 263 Å². The molecule has 8 fully saturated rings. The standard InChI is InChI=1S/C50H81NO11.C42H65NO11.CH4/c1-11-13-24-56-30(3)18-20-35-16-15-17-43(62-45-23-22-42(51(7)8)32(5)58-45)31(4)46(53)41-28-39-37(40(41)29-44(52)60-35)21-19-34-26-36(27-38(34)39)61-50-49(55-10)48(57-25-14-12-2)47(54-9)33(6)59-50;1-22(44)12-14-27-10-9-11-35(54-37-17-16-34(43(5)6)24(3)50-37)23(2)38(46)33-20-31-29(32(33)21-36(45)52-27)15-13-26-18-28(19-30(26)31)53-42-41(49-8)39(47)40(48-7)25(4)51-42;/h18-21,28,30-40,42-43,45,47-50H,11-17,22-27,29H2,1-10H3;12-15,20,22-32,34-35,37,39-42,44,47H,9-11,16-19,21H2,1-8H3;1H4/b20-18+;14-12+;/t30?,31-,32-,33+,34?,35?,36-,37?,38?,39?,40?,42+,43+,45+,47+,48-,49-,50+;22?,23-,24-,25+,26?,27?,28-,29?,30?,31?,32?,34+,35+,37+,39-,40+,41-,42+;/m11./s1. The second-order valence-corrected chi connectivity index (χ2v) is 36.2. The van der Waals surface area contributed by atoms with Crippen molar-refractivity contribution in [2.24, 2.45) is 71.0 Å². The number of carbonyl (C=O) groups excluding carboxylic acids is 4. The lowest BCUT2D eigenvalue weighted by Crippen LogP contribution is -2.60. The first-order chi connectivity index (χ1) is 55.6. The van der Waals surface area contributed by atoms with E-state index < -0.39 is 73.4 Å². The summed E-state index contributed by atoms with van der Waals surface area (Å²) in [6.07, 6.45) is 27.1. The molecule has 6 aliphatic heterocycles. The van der Waals surface area contributed by atoms with Crippen LogP contribution in [-0.4, -0.2) is 260 Å². The van der Waals surface area contributed by atoms with Crippen molar-refractivity contribution in [2.75, 3.05) is 69.8 Å². The molecule has 0 amide bonds. The molecule has 664 valence electrons. The van der Waals surface area contributed by atoms with Gasteiger partial charge in [0.25, 0.3) is 0 Å². The van der Waals surface area contributed by atoms with Crippen LogP contribution < -0.4 is 0 Å². The number of unbranched alkanes of at least 4 members (excludes halogenated alkanes) is 2. The number of hydrogen-bond acceptors (Lipinski definition) is 24. The predicted octanol–water partition coefficient (Wildman–Crippen LogP) is 13.0. The molecule has 0 bridgehead atoms. The number of aliphatic hydroxyl groups excluding tert-OH is 2. The van der Waals surface area contributed by atoms with E-state index in [1.165, 1.54) is 7.11 Å². The zero-order chi connectivity index (χ0) is 83.3. The Bertz CT molecular complexity index is 3320. The number of cyclic esters (lactones) is 2. The van der Waals surface area contributed by atoms with Crippen molar-refractivity contribution in [3.8, 4) is 0 Å². The monoisotopic (exact) mass is 1650 g/mol. The molecule has 0 aromatic carbocycles. The third-order valence-electron chi connectivity index (χ3n) is 27.9. The molecule has 0 aromatic rings. The van der Waals surface area contributed by atoms with Crippen LogP contribution in [0.25, 0.3) is 0 Å². The third kappa shape index (κ3) is 23.5.